The Hall–Kier alpha value is -0.330. The highest BCUT2D eigenvalue weighted by atomic mass is 35.5. The van der Waals surface area contributed by atoms with Gasteiger partial charge in [0.2, 0.25) is 5.28 Å². The van der Waals surface area contributed by atoms with Crippen molar-refractivity contribution in [3.63, 3.8) is 0 Å². The Labute approximate surface area is 129 Å². The Kier molecular flexibility index (Phi) is 4.52. The smallest absolute Gasteiger partial charge is 0.204 e. The molecule has 0 bridgehead atoms. The van der Waals surface area contributed by atoms with E-state index >= 15 is 0 Å². The van der Waals surface area contributed by atoms with E-state index in [2.05, 4.69) is 20.1 Å². The molecule has 0 radical (unpaired) electrons. The number of nitrogens with zero attached hydrogens (tertiary/aromatic N) is 4. The molecule has 1 aromatic rings. The molecule has 1 N–H and O–H groups in total. The second kappa shape index (κ2) is 6.20. The molecule has 0 aromatic carbocycles. The monoisotopic (exact) mass is 317 g/mol. The summed E-state index contributed by atoms with van der Waals surface area (Å²) in [5.41, 5.74) is 1.01. The first kappa shape index (κ1) is 14.6. The van der Waals surface area contributed by atoms with Gasteiger partial charge in [-0.25, -0.2) is 4.98 Å². The van der Waals surface area contributed by atoms with Crippen LogP contribution in [0.1, 0.15) is 12.1 Å². The van der Waals surface area contributed by atoms with Gasteiger partial charge in [-0.1, -0.05) is 11.6 Å². The lowest BCUT2D eigenvalue weighted by Crippen LogP contribution is -2.50. The van der Waals surface area contributed by atoms with Crippen LogP contribution in [0.15, 0.2) is 0 Å². The van der Waals surface area contributed by atoms with E-state index in [1.54, 1.807) is 0 Å². The summed E-state index contributed by atoms with van der Waals surface area (Å²) in [6.07, 6.45) is 1.28. The molecule has 2 aliphatic heterocycles. The van der Waals surface area contributed by atoms with Crippen molar-refractivity contribution in [2.24, 2.45) is 7.05 Å². The normalized spacial score (nSPS) is 25.4. The molecular weight excluding hydrogens is 297 g/mol. The molecule has 0 saturated carbocycles. The molecule has 5 nitrogen and oxygen atoms in total. The third-order valence-corrected chi connectivity index (χ3v) is 5.08. The van der Waals surface area contributed by atoms with E-state index in [1.165, 1.54) is 6.42 Å². The molecule has 1 atom stereocenters. The van der Waals surface area contributed by atoms with E-state index in [1.807, 2.05) is 11.6 Å². The van der Waals surface area contributed by atoms with Gasteiger partial charge in [-0.2, -0.15) is 0 Å². The summed E-state index contributed by atoms with van der Waals surface area (Å²) in [6, 6.07) is 0.729. The van der Waals surface area contributed by atoms with Crippen LogP contribution in [0.25, 0.3) is 0 Å². The van der Waals surface area contributed by atoms with E-state index < -0.39 is 0 Å². The zero-order chi connectivity index (χ0) is 14.1. The van der Waals surface area contributed by atoms with Gasteiger partial charge in [-0.05, 0) is 24.6 Å². The predicted octanol–water partition coefficient (Wildman–Crippen LogP) is 1.21. The standard InChI is InChI=1S/C13H21Cl2N5/c1-18-11(12(14)17-13(18)15)9-19-4-6-20(7-5-19)10-2-3-16-8-10/h10,16H,2-9H2,1H3. The second-order valence-corrected chi connectivity index (χ2v) is 6.33. The molecule has 0 aliphatic carbocycles. The van der Waals surface area contributed by atoms with Crippen LogP contribution in [0, 0.1) is 0 Å². The van der Waals surface area contributed by atoms with Crippen molar-refractivity contribution in [2.75, 3.05) is 39.3 Å². The number of hydrogen-bond acceptors (Lipinski definition) is 4. The maximum atomic E-state index is 6.14. The van der Waals surface area contributed by atoms with Crippen molar-refractivity contribution in [1.29, 1.82) is 0 Å². The van der Waals surface area contributed by atoms with Gasteiger partial charge in [-0.15, -0.1) is 0 Å². The summed E-state index contributed by atoms with van der Waals surface area (Å²) in [5, 5.41) is 4.43. The highest BCUT2D eigenvalue weighted by Crippen LogP contribution is 2.22. The first-order valence-electron chi connectivity index (χ1n) is 7.19. The highest BCUT2D eigenvalue weighted by molar-refractivity contribution is 6.32. The SMILES string of the molecule is Cn1c(Cl)nc(Cl)c1CN1CCN(C2CCNC2)CC1. The minimum absolute atomic E-state index is 0.459. The summed E-state index contributed by atoms with van der Waals surface area (Å²) in [4.78, 5) is 9.14. The fourth-order valence-corrected chi connectivity index (χ4v) is 3.59. The van der Waals surface area contributed by atoms with Crippen LogP contribution in [0.4, 0.5) is 0 Å². The molecular formula is C13H21Cl2N5. The second-order valence-electron chi connectivity index (χ2n) is 5.64. The predicted molar refractivity (Wildman–Crippen MR) is 81.4 cm³/mol. The zero-order valence-electron chi connectivity index (χ0n) is 11.8. The number of rotatable bonds is 3. The van der Waals surface area contributed by atoms with Crippen molar-refractivity contribution in [3.8, 4) is 0 Å². The lowest BCUT2D eigenvalue weighted by atomic mass is 10.2. The maximum Gasteiger partial charge on any atom is 0.204 e. The minimum atomic E-state index is 0.459. The number of hydrogen-bond donors (Lipinski definition) is 1. The molecule has 0 amide bonds. The Morgan fingerprint density at radius 1 is 1.25 bits per heavy atom. The lowest BCUT2D eigenvalue weighted by Gasteiger charge is -2.37. The van der Waals surface area contributed by atoms with Gasteiger partial charge in [0.15, 0.2) is 5.15 Å². The topological polar surface area (TPSA) is 36.3 Å². The first-order chi connectivity index (χ1) is 9.65. The summed E-state index contributed by atoms with van der Waals surface area (Å²) in [5.74, 6) is 0. The Morgan fingerprint density at radius 3 is 2.55 bits per heavy atom. The molecule has 2 aliphatic rings. The van der Waals surface area contributed by atoms with E-state index in [0.717, 1.165) is 57.5 Å². The van der Waals surface area contributed by atoms with Crippen molar-refractivity contribution in [1.82, 2.24) is 24.7 Å². The molecule has 1 aromatic heterocycles. The number of halogens is 2. The van der Waals surface area contributed by atoms with Crippen LogP contribution in [0.5, 0.6) is 0 Å². The third kappa shape index (κ3) is 2.97. The van der Waals surface area contributed by atoms with Crippen LogP contribution in [-0.2, 0) is 13.6 Å². The highest BCUT2D eigenvalue weighted by Gasteiger charge is 2.26. The van der Waals surface area contributed by atoms with Crippen LogP contribution in [-0.4, -0.2) is 64.7 Å². The van der Waals surface area contributed by atoms with Gasteiger partial charge < -0.3 is 9.88 Å². The molecule has 7 heteroatoms. The van der Waals surface area contributed by atoms with Crippen LogP contribution >= 0.6 is 23.2 Å². The molecule has 0 spiro atoms. The largest absolute Gasteiger partial charge is 0.319 e. The van der Waals surface area contributed by atoms with Crippen LogP contribution in [0.2, 0.25) is 10.4 Å². The minimum Gasteiger partial charge on any atom is -0.319 e. The van der Waals surface area contributed by atoms with Crippen LogP contribution in [0.3, 0.4) is 0 Å². The van der Waals surface area contributed by atoms with Crippen molar-refractivity contribution < 1.29 is 0 Å². The molecule has 1 unspecified atom stereocenters. The molecule has 20 heavy (non-hydrogen) atoms. The summed E-state index contributed by atoms with van der Waals surface area (Å²) in [7, 11) is 1.91. The fraction of sp³-hybridized carbons (Fsp3) is 0.769. The van der Waals surface area contributed by atoms with Crippen LogP contribution < -0.4 is 5.32 Å². The fourth-order valence-electron chi connectivity index (χ4n) is 3.09. The van der Waals surface area contributed by atoms with Gasteiger partial charge in [0.1, 0.15) is 0 Å². The van der Waals surface area contributed by atoms with Gasteiger partial charge in [-0.3, -0.25) is 9.80 Å². The number of aromatic nitrogens is 2. The molecule has 3 heterocycles. The van der Waals surface area contributed by atoms with Crippen molar-refractivity contribution in [2.45, 2.75) is 19.0 Å². The van der Waals surface area contributed by atoms with Gasteiger partial charge in [0.25, 0.3) is 0 Å². The van der Waals surface area contributed by atoms with E-state index in [0.29, 0.717) is 10.4 Å². The van der Waals surface area contributed by atoms with Gasteiger partial charge in [0, 0.05) is 52.4 Å². The van der Waals surface area contributed by atoms with E-state index in [4.69, 9.17) is 23.2 Å². The Balaban J connectivity index is 1.55. The Bertz CT molecular complexity index is 462. The zero-order valence-corrected chi connectivity index (χ0v) is 13.3. The Morgan fingerprint density at radius 2 is 2.00 bits per heavy atom. The molecule has 2 saturated heterocycles. The summed E-state index contributed by atoms with van der Waals surface area (Å²) >= 11 is 12.1. The van der Waals surface area contributed by atoms with Crippen molar-refractivity contribution in [3.05, 3.63) is 16.1 Å². The van der Waals surface area contributed by atoms with Gasteiger partial charge >= 0.3 is 0 Å². The number of imidazole rings is 1. The van der Waals surface area contributed by atoms with Crippen molar-refractivity contribution >= 4 is 23.2 Å². The number of piperazine rings is 1. The average molecular weight is 318 g/mol. The quantitative estimate of drug-likeness (QED) is 0.909. The number of nitrogens with one attached hydrogen (secondary N) is 1. The molecule has 3 rings (SSSR count). The maximum absolute atomic E-state index is 6.14. The molecule has 112 valence electrons. The summed E-state index contributed by atoms with van der Waals surface area (Å²) < 4.78 is 1.87. The lowest BCUT2D eigenvalue weighted by molar-refractivity contribution is 0.0968. The first-order valence-corrected chi connectivity index (χ1v) is 7.94. The third-order valence-electron chi connectivity index (χ3n) is 4.44. The average Bonchev–Trinajstić information content (AvgIpc) is 3.05. The summed E-state index contributed by atoms with van der Waals surface area (Å²) in [6.45, 7) is 7.55. The molecule has 2 fully saturated rings. The van der Waals surface area contributed by atoms with E-state index in [-0.39, 0.29) is 0 Å². The van der Waals surface area contributed by atoms with E-state index in [9.17, 15) is 0 Å². The van der Waals surface area contributed by atoms with Gasteiger partial charge in [0.05, 0.1) is 5.69 Å².